The molecule has 1 aliphatic heterocycles. The van der Waals surface area contributed by atoms with Crippen LogP contribution in [0.25, 0.3) is 11.2 Å². The Morgan fingerprint density at radius 3 is 3.00 bits per heavy atom. The quantitative estimate of drug-likeness (QED) is 0.707. The predicted octanol–water partition coefficient (Wildman–Crippen LogP) is 2.93. The van der Waals surface area contributed by atoms with E-state index >= 15 is 0 Å². The lowest BCUT2D eigenvalue weighted by Crippen LogP contribution is -2.32. The highest BCUT2D eigenvalue weighted by Crippen LogP contribution is 2.39. The third-order valence-corrected chi connectivity index (χ3v) is 4.17. The molecule has 4 rings (SSSR count). The van der Waals surface area contributed by atoms with E-state index in [-0.39, 0.29) is 10.2 Å². The third-order valence-electron chi connectivity index (χ3n) is 3.93. The number of nitrogens with one attached hydrogen (secondary N) is 1. The standard InChI is InChI=1S/C15H10ClN5O2/c1-21(11-4-9(16)3-2-8(11)5-19-21)12-7-18-14-13(20-12)10(6-17-14)15(22)23/h2-7H,1H3,(H-,17,18,20,22,23)/p+1. The number of aromatic nitrogens is 3. The number of nitrogens with zero attached hydrogens (tertiary/aromatic N) is 4. The zero-order chi connectivity index (χ0) is 16.2. The molecule has 0 amide bonds. The minimum absolute atomic E-state index is 0.0308. The van der Waals surface area contributed by atoms with Gasteiger partial charge in [0.2, 0.25) is 0 Å². The maximum Gasteiger partial charge on any atom is 0.339 e. The molecule has 114 valence electrons. The first-order valence-electron chi connectivity index (χ1n) is 6.79. The van der Waals surface area contributed by atoms with Gasteiger partial charge in [0.25, 0.3) is 5.82 Å². The van der Waals surface area contributed by atoms with Crippen molar-refractivity contribution in [3.63, 3.8) is 0 Å². The van der Waals surface area contributed by atoms with Crippen LogP contribution in [0.4, 0.5) is 11.5 Å². The third kappa shape index (κ3) is 1.94. The molecule has 0 spiro atoms. The number of halogens is 1. The predicted molar refractivity (Wildman–Crippen MR) is 87.3 cm³/mol. The van der Waals surface area contributed by atoms with Crippen molar-refractivity contribution < 1.29 is 9.90 Å². The molecule has 2 N–H and O–H groups in total. The summed E-state index contributed by atoms with van der Waals surface area (Å²) < 4.78 is 0.0308. The molecule has 0 saturated heterocycles. The van der Waals surface area contributed by atoms with Crippen LogP contribution < -0.4 is 4.59 Å². The number of quaternary nitrogens is 1. The van der Waals surface area contributed by atoms with Crippen LogP contribution in [0.1, 0.15) is 15.9 Å². The number of hydrogen-bond acceptors (Lipinski definition) is 4. The molecule has 0 fully saturated rings. The normalized spacial score (nSPS) is 19.2. The van der Waals surface area contributed by atoms with Crippen molar-refractivity contribution >= 4 is 46.5 Å². The Morgan fingerprint density at radius 2 is 2.22 bits per heavy atom. The molecule has 1 unspecified atom stereocenters. The van der Waals surface area contributed by atoms with Gasteiger partial charge < -0.3 is 10.1 Å². The average molecular weight is 329 g/mol. The minimum atomic E-state index is -1.06. The monoisotopic (exact) mass is 328 g/mol. The fourth-order valence-electron chi connectivity index (χ4n) is 2.68. The molecule has 0 saturated carbocycles. The van der Waals surface area contributed by atoms with Crippen LogP contribution >= 0.6 is 11.6 Å². The van der Waals surface area contributed by atoms with Crippen LogP contribution in [0, 0.1) is 0 Å². The topological polar surface area (TPSA) is 91.2 Å². The molecule has 23 heavy (non-hydrogen) atoms. The number of carboxylic acid groups (broad SMARTS) is 1. The first-order valence-corrected chi connectivity index (χ1v) is 7.17. The van der Waals surface area contributed by atoms with Gasteiger partial charge in [0.1, 0.15) is 24.3 Å². The van der Waals surface area contributed by atoms with Gasteiger partial charge >= 0.3 is 5.97 Å². The second-order valence-corrected chi connectivity index (χ2v) is 5.78. The van der Waals surface area contributed by atoms with Gasteiger partial charge in [0.15, 0.2) is 11.3 Å². The van der Waals surface area contributed by atoms with E-state index in [9.17, 15) is 9.90 Å². The van der Waals surface area contributed by atoms with Crippen molar-refractivity contribution in [2.24, 2.45) is 5.10 Å². The van der Waals surface area contributed by atoms with Gasteiger partial charge in [-0.3, -0.25) is 0 Å². The van der Waals surface area contributed by atoms with Crippen LogP contribution in [0.15, 0.2) is 35.7 Å². The minimum Gasteiger partial charge on any atom is -0.478 e. The van der Waals surface area contributed by atoms with E-state index in [1.54, 1.807) is 18.5 Å². The highest BCUT2D eigenvalue weighted by Gasteiger charge is 2.37. The lowest BCUT2D eigenvalue weighted by molar-refractivity contribution is 0.0699. The fraction of sp³-hybridized carbons (Fsp3) is 0.0667. The Morgan fingerprint density at radius 1 is 1.39 bits per heavy atom. The first kappa shape index (κ1) is 13.9. The zero-order valence-electron chi connectivity index (χ0n) is 12.0. The number of aromatic amines is 1. The fourth-order valence-corrected chi connectivity index (χ4v) is 2.85. The maximum atomic E-state index is 11.3. The van der Waals surface area contributed by atoms with Crippen LogP contribution in [-0.4, -0.2) is 39.3 Å². The summed E-state index contributed by atoms with van der Waals surface area (Å²) in [4.78, 5) is 22.8. The lowest BCUT2D eigenvalue weighted by Gasteiger charge is -2.22. The molecule has 1 atom stereocenters. The Hall–Kier alpha value is -2.77. The van der Waals surface area contributed by atoms with E-state index in [2.05, 4.69) is 20.1 Å². The van der Waals surface area contributed by atoms with Gasteiger partial charge in [0.05, 0.1) is 11.8 Å². The molecule has 0 aliphatic carbocycles. The summed E-state index contributed by atoms with van der Waals surface area (Å²) in [6, 6.07) is 5.51. The van der Waals surface area contributed by atoms with Gasteiger partial charge in [-0.15, -0.1) is 4.59 Å². The molecule has 0 bridgehead atoms. The van der Waals surface area contributed by atoms with Crippen molar-refractivity contribution in [3.8, 4) is 0 Å². The second-order valence-electron chi connectivity index (χ2n) is 5.34. The summed E-state index contributed by atoms with van der Waals surface area (Å²) in [6.07, 6.45) is 4.71. The van der Waals surface area contributed by atoms with E-state index in [0.29, 0.717) is 22.0 Å². The number of rotatable bonds is 2. The van der Waals surface area contributed by atoms with Crippen molar-refractivity contribution in [3.05, 3.63) is 46.7 Å². The van der Waals surface area contributed by atoms with Gasteiger partial charge in [-0.05, 0) is 12.1 Å². The molecule has 1 aliphatic rings. The first-order chi connectivity index (χ1) is 11.0. The van der Waals surface area contributed by atoms with E-state index in [1.807, 2.05) is 19.2 Å². The molecular formula is C15H11ClN5O2+. The highest BCUT2D eigenvalue weighted by atomic mass is 35.5. The summed E-state index contributed by atoms with van der Waals surface area (Å²) in [7, 11) is 1.85. The number of hydrogen-bond donors (Lipinski definition) is 2. The van der Waals surface area contributed by atoms with Crippen LogP contribution in [0.5, 0.6) is 0 Å². The Bertz CT molecular complexity index is 997. The van der Waals surface area contributed by atoms with E-state index < -0.39 is 5.97 Å². The number of carboxylic acids is 1. The zero-order valence-corrected chi connectivity index (χ0v) is 12.7. The number of aromatic carboxylic acids is 1. The number of benzene rings is 1. The number of carbonyl (C=O) groups is 1. The number of fused-ring (bicyclic) bond motifs is 2. The molecular weight excluding hydrogens is 318 g/mol. The maximum absolute atomic E-state index is 11.3. The van der Waals surface area contributed by atoms with E-state index in [0.717, 1.165) is 11.3 Å². The van der Waals surface area contributed by atoms with Crippen molar-refractivity contribution in [1.29, 1.82) is 0 Å². The summed E-state index contributed by atoms with van der Waals surface area (Å²) >= 11 is 6.10. The van der Waals surface area contributed by atoms with Gasteiger partial charge in [0, 0.05) is 17.3 Å². The summed E-state index contributed by atoms with van der Waals surface area (Å²) in [5, 5.41) is 14.4. The van der Waals surface area contributed by atoms with Crippen LogP contribution in [0.3, 0.4) is 0 Å². The smallest absolute Gasteiger partial charge is 0.339 e. The molecule has 0 radical (unpaired) electrons. The van der Waals surface area contributed by atoms with Crippen LogP contribution in [0.2, 0.25) is 5.02 Å². The summed E-state index contributed by atoms with van der Waals surface area (Å²) in [5.41, 5.74) is 2.60. The average Bonchev–Trinajstić information content (AvgIpc) is 3.09. The van der Waals surface area contributed by atoms with Crippen molar-refractivity contribution in [2.45, 2.75) is 0 Å². The van der Waals surface area contributed by atoms with Gasteiger partial charge in [-0.1, -0.05) is 16.7 Å². The largest absolute Gasteiger partial charge is 0.478 e. The van der Waals surface area contributed by atoms with Crippen LogP contribution in [-0.2, 0) is 0 Å². The second kappa shape index (κ2) is 4.61. The lowest BCUT2D eigenvalue weighted by atomic mass is 10.2. The van der Waals surface area contributed by atoms with Gasteiger partial charge in [-0.25, -0.2) is 9.78 Å². The Labute approximate surface area is 135 Å². The van der Waals surface area contributed by atoms with E-state index in [4.69, 9.17) is 11.6 Å². The highest BCUT2D eigenvalue weighted by molar-refractivity contribution is 6.31. The molecule has 2 aromatic heterocycles. The Kier molecular flexibility index (Phi) is 2.78. The number of H-pyrrole nitrogens is 1. The SMILES string of the molecule is C[N+]1(c2cnc3[nH]cc(C(=O)O)c3n2)N=Cc2ccc(Cl)cc21. The molecule has 8 heteroatoms. The molecule has 7 nitrogen and oxygen atoms in total. The van der Waals surface area contributed by atoms with Crippen molar-refractivity contribution in [2.75, 3.05) is 7.05 Å². The molecule has 1 aromatic carbocycles. The van der Waals surface area contributed by atoms with Crippen molar-refractivity contribution in [1.82, 2.24) is 19.5 Å². The Balaban J connectivity index is 1.93. The molecule has 3 aromatic rings. The van der Waals surface area contributed by atoms with Gasteiger partial charge in [-0.2, -0.15) is 4.98 Å². The van der Waals surface area contributed by atoms with E-state index in [1.165, 1.54) is 6.20 Å². The molecule has 3 heterocycles. The summed E-state index contributed by atoms with van der Waals surface area (Å²) in [6.45, 7) is 0. The summed E-state index contributed by atoms with van der Waals surface area (Å²) in [5.74, 6) is -0.546.